The average molecular weight is 446 g/mol. The van der Waals surface area contributed by atoms with E-state index >= 15 is 0 Å². The largest absolute Gasteiger partial charge is 0.360 e. The predicted molar refractivity (Wildman–Crippen MR) is 129 cm³/mol. The number of rotatable bonds is 3. The van der Waals surface area contributed by atoms with Crippen molar-refractivity contribution in [3.8, 4) is 6.07 Å². The van der Waals surface area contributed by atoms with Crippen LogP contribution in [0.4, 0.5) is 0 Å². The van der Waals surface area contributed by atoms with Crippen LogP contribution in [0.2, 0.25) is 0 Å². The number of hydrazine groups is 1. The Bertz CT molecular complexity index is 1060. The van der Waals surface area contributed by atoms with Crippen LogP contribution in [0.25, 0.3) is 0 Å². The van der Waals surface area contributed by atoms with E-state index in [-0.39, 0.29) is 24.5 Å². The lowest BCUT2D eigenvalue weighted by Gasteiger charge is -2.42. The maximum absolute atomic E-state index is 9.23. The molecule has 3 N–H and O–H groups in total. The van der Waals surface area contributed by atoms with Gasteiger partial charge in [0, 0.05) is 70.0 Å². The zero-order valence-corrected chi connectivity index (χ0v) is 19.4. The highest BCUT2D eigenvalue weighted by Crippen LogP contribution is 2.28. The highest BCUT2D eigenvalue weighted by molar-refractivity contribution is 6.14. The van der Waals surface area contributed by atoms with Crippen LogP contribution in [0.5, 0.6) is 0 Å². The summed E-state index contributed by atoms with van der Waals surface area (Å²) in [7, 11) is 6.15. The van der Waals surface area contributed by atoms with Crippen molar-refractivity contribution in [3.63, 3.8) is 0 Å². The third kappa shape index (κ3) is 4.02. The molecule has 0 spiro atoms. The van der Waals surface area contributed by atoms with E-state index in [0.717, 1.165) is 48.5 Å². The number of fused-ring (bicyclic) bond motifs is 1. The predicted octanol–water partition coefficient (Wildman–Crippen LogP) is 0.886. The van der Waals surface area contributed by atoms with Gasteiger partial charge in [0.1, 0.15) is 12.2 Å². The van der Waals surface area contributed by atoms with Crippen molar-refractivity contribution in [3.05, 3.63) is 59.1 Å². The van der Waals surface area contributed by atoms with Crippen LogP contribution in [0.1, 0.15) is 24.0 Å². The van der Waals surface area contributed by atoms with Crippen LogP contribution in [0, 0.1) is 11.3 Å². The lowest BCUT2D eigenvalue weighted by atomic mass is 9.97. The molecule has 0 bridgehead atoms. The zero-order chi connectivity index (χ0) is 23.1. The van der Waals surface area contributed by atoms with Crippen molar-refractivity contribution in [2.24, 2.45) is 15.7 Å². The summed E-state index contributed by atoms with van der Waals surface area (Å²) < 4.78 is 0. The van der Waals surface area contributed by atoms with Crippen LogP contribution in [0.15, 0.2) is 57.9 Å². The number of likely N-dealkylation sites (N-methyl/N-ethyl adjacent to an activating group) is 1. The number of likely N-dealkylation sites (tertiary alicyclic amines) is 1. The number of benzene rings is 1. The fraction of sp³-hybridized carbons (Fsp3) is 0.458. The summed E-state index contributed by atoms with van der Waals surface area (Å²) in [6, 6.07) is 10.2. The molecule has 9 nitrogen and oxygen atoms in total. The third-order valence-electron chi connectivity index (χ3n) is 6.93. The Morgan fingerprint density at radius 2 is 1.82 bits per heavy atom. The second-order valence-corrected chi connectivity index (χ2v) is 9.16. The molecule has 1 aromatic rings. The Morgan fingerprint density at radius 3 is 2.52 bits per heavy atom. The molecule has 0 aromatic heterocycles. The number of hydrogen-bond acceptors (Lipinski definition) is 9. The second-order valence-electron chi connectivity index (χ2n) is 9.16. The summed E-state index contributed by atoms with van der Waals surface area (Å²) in [4.78, 5) is 14.7. The summed E-state index contributed by atoms with van der Waals surface area (Å²) in [6.45, 7) is 1.85. The normalized spacial score (nSPS) is 28.6. The van der Waals surface area contributed by atoms with Gasteiger partial charge in [0.25, 0.3) is 0 Å². The van der Waals surface area contributed by atoms with E-state index in [9.17, 15) is 5.26 Å². The van der Waals surface area contributed by atoms with Crippen molar-refractivity contribution in [2.45, 2.75) is 37.4 Å². The van der Waals surface area contributed by atoms with E-state index in [0.29, 0.717) is 5.56 Å². The number of nitrogens with two attached hydrogens (primary N) is 1. The molecule has 3 atom stereocenters. The number of nitrogens with one attached hydrogen (secondary N) is 1. The van der Waals surface area contributed by atoms with Crippen LogP contribution < -0.4 is 11.1 Å². The summed E-state index contributed by atoms with van der Waals surface area (Å²) in [6.07, 6.45) is 7.91. The molecule has 0 saturated carbocycles. The molecule has 33 heavy (non-hydrogen) atoms. The van der Waals surface area contributed by atoms with Crippen molar-refractivity contribution < 1.29 is 0 Å². The molecule has 0 aliphatic carbocycles. The van der Waals surface area contributed by atoms with Gasteiger partial charge in [-0.25, -0.2) is 10.0 Å². The van der Waals surface area contributed by atoms with Gasteiger partial charge in [-0.3, -0.25) is 9.89 Å². The average Bonchev–Trinajstić information content (AvgIpc) is 3.12. The zero-order valence-electron chi connectivity index (χ0n) is 19.4. The Hall–Kier alpha value is -3.19. The molecular formula is C24H31N9. The monoisotopic (exact) mass is 445 g/mol. The molecule has 1 saturated heterocycles. The summed E-state index contributed by atoms with van der Waals surface area (Å²) in [5.41, 5.74) is 10.8. The third-order valence-corrected chi connectivity index (χ3v) is 6.93. The Labute approximate surface area is 195 Å². The summed E-state index contributed by atoms with van der Waals surface area (Å²) in [5.74, 6) is 0. The molecular weight excluding hydrogens is 414 g/mol. The molecule has 0 radical (unpaired) electrons. The second kappa shape index (κ2) is 8.63. The molecule has 4 aliphatic heterocycles. The fourth-order valence-electron chi connectivity index (χ4n) is 4.85. The molecule has 5 rings (SSSR count). The van der Waals surface area contributed by atoms with E-state index in [4.69, 9.17) is 15.7 Å². The van der Waals surface area contributed by atoms with Crippen LogP contribution >= 0.6 is 0 Å². The Morgan fingerprint density at radius 1 is 1.09 bits per heavy atom. The van der Waals surface area contributed by atoms with Crippen molar-refractivity contribution in [1.82, 2.24) is 25.1 Å². The van der Waals surface area contributed by atoms with Crippen molar-refractivity contribution in [1.29, 1.82) is 5.26 Å². The quantitative estimate of drug-likeness (QED) is 0.713. The van der Waals surface area contributed by atoms with Crippen molar-refractivity contribution in [2.75, 3.05) is 34.2 Å². The molecule has 4 heterocycles. The van der Waals surface area contributed by atoms with Gasteiger partial charge >= 0.3 is 0 Å². The smallest absolute Gasteiger partial charge is 0.178 e. The van der Waals surface area contributed by atoms with Gasteiger partial charge in [-0.2, -0.15) is 5.26 Å². The number of nitrogens with zero attached hydrogens (tertiary/aromatic N) is 7. The number of hydrogen-bond donors (Lipinski definition) is 2. The maximum Gasteiger partial charge on any atom is 0.178 e. The molecule has 172 valence electrons. The van der Waals surface area contributed by atoms with E-state index in [1.165, 1.54) is 0 Å². The molecule has 4 aliphatic rings. The lowest BCUT2D eigenvalue weighted by Crippen LogP contribution is -2.52. The molecule has 3 unspecified atom stereocenters. The van der Waals surface area contributed by atoms with Gasteiger partial charge in [-0.1, -0.05) is 12.1 Å². The first-order chi connectivity index (χ1) is 15.9. The first kappa shape index (κ1) is 21.6. The van der Waals surface area contributed by atoms with Gasteiger partial charge in [-0.15, -0.1) is 0 Å². The SMILES string of the molecule is CN1C=C(C2N=CC3C(=CN(C)N3C)N2)C(c2ccc(C#N)cc2)=NC1N1CCC(N)CC1. The lowest BCUT2D eigenvalue weighted by molar-refractivity contribution is 0.0727. The molecule has 9 heteroatoms. The van der Waals surface area contributed by atoms with Gasteiger partial charge in [0.2, 0.25) is 0 Å². The number of nitriles is 1. The summed E-state index contributed by atoms with van der Waals surface area (Å²) >= 11 is 0. The Balaban J connectivity index is 1.49. The minimum absolute atomic E-state index is 0.0878. The minimum Gasteiger partial charge on any atom is -0.360 e. The molecule has 1 fully saturated rings. The first-order valence-electron chi connectivity index (χ1n) is 11.4. The van der Waals surface area contributed by atoms with Gasteiger partial charge in [-0.05, 0) is 25.0 Å². The van der Waals surface area contributed by atoms with Crippen LogP contribution in [0.3, 0.4) is 0 Å². The van der Waals surface area contributed by atoms with Gasteiger partial charge < -0.3 is 21.0 Å². The minimum atomic E-state index is -0.236. The van der Waals surface area contributed by atoms with Gasteiger partial charge in [0.05, 0.1) is 23.0 Å². The standard InChI is InChI=1S/C24H31N9/c1-30-14-19(23-27-13-21-20(28-23)15-31(2)32(21)3)22(17-6-4-16(12-25)5-7-17)29-24(30)33-10-8-18(26)9-11-33/h4-7,13-15,18,21,23-24,28H,8-11,26H2,1-3H3. The first-order valence-corrected chi connectivity index (χ1v) is 11.4. The topological polar surface area (TPSA) is 99.5 Å². The number of piperidine rings is 1. The van der Waals surface area contributed by atoms with Crippen molar-refractivity contribution >= 4 is 11.9 Å². The Kier molecular flexibility index (Phi) is 5.66. The number of aliphatic imine (C=N–C) groups is 2. The summed E-state index contributed by atoms with van der Waals surface area (Å²) in [5, 5.41) is 17.0. The highest BCUT2D eigenvalue weighted by atomic mass is 15.6. The van der Waals surface area contributed by atoms with Crippen LogP contribution in [-0.4, -0.2) is 90.5 Å². The van der Waals surface area contributed by atoms with E-state index in [1.54, 1.807) is 0 Å². The van der Waals surface area contributed by atoms with E-state index in [2.05, 4.69) is 57.7 Å². The molecule has 1 aromatic carbocycles. The van der Waals surface area contributed by atoms with E-state index in [1.807, 2.05) is 37.5 Å². The fourth-order valence-corrected chi connectivity index (χ4v) is 4.85. The molecule has 0 amide bonds. The maximum atomic E-state index is 9.23. The van der Waals surface area contributed by atoms with Crippen LogP contribution in [-0.2, 0) is 0 Å². The van der Waals surface area contributed by atoms with Gasteiger partial charge in [0.15, 0.2) is 6.29 Å². The van der Waals surface area contributed by atoms with E-state index < -0.39 is 0 Å². The highest BCUT2D eigenvalue weighted by Gasteiger charge is 2.36.